The molecule has 0 aromatic heterocycles. The fourth-order valence-electron chi connectivity index (χ4n) is 0.102. The van der Waals surface area contributed by atoms with E-state index in [0.29, 0.717) is 0 Å². The fourth-order valence-corrected chi connectivity index (χ4v) is 0.305. The first-order valence-electron chi connectivity index (χ1n) is 2.63. The number of aliphatic hydroxyl groups is 1. The molecule has 0 saturated heterocycles. The van der Waals surface area contributed by atoms with Crippen LogP contribution in [0.1, 0.15) is 6.92 Å². The van der Waals surface area contributed by atoms with Crippen molar-refractivity contribution in [3.63, 3.8) is 0 Å². The molecule has 5 nitrogen and oxygen atoms in total. The molecule has 0 radical (unpaired) electrons. The van der Waals surface area contributed by atoms with Gasteiger partial charge in [-0.05, 0) is 6.92 Å². The van der Waals surface area contributed by atoms with Crippen LogP contribution in [0.15, 0.2) is 0 Å². The lowest BCUT2D eigenvalue weighted by Crippen LogP contribution is -2.30. The van der Waals surface area contributed by atoms with Crippen LogP contribution in [0.2, 0.25) is 0 Å². The van der Waals surface area contributed by atoms with Gasteiger partial charge in [0.15, 0.2) is 0 Å². The Hall–Kier alpha value is -0.400. The highest BCUT2D eigenvalue weighted by Crippen LogP contribution is 1.69. The molecule has 3 N–H and O–H groups in total. The third-order valence-corrected chi connectivity index (χ3v) is 0.816. The molecule has 0 heterocycles. The number of carbonyl (C=O) groups excluding carboxylic acids is 2. The molecule has 2 amide bonds. The zero-order chi connectivity index (χ0) is 9.28. The number of nitrogens with one attached hydrogen (secondary N) is 2. The van der Waals surface area contributed by atoms with Crippen molar-refractivity contribution in [2.24, 2.45) is 0 Å². The van der Waals surface area contributed by atoms with E-state index in [4.69, 9.17) is 5.11 Å². The van der Waals surface area contributed by atoms with E-state index in [2.05, 4.69) is 25.6 Å². The molecule has 0 aliphatic rings. The molecule has 0 unspecified atom stereocenters. The summed E-state index contributed by atoms with van der Waals surface area (Å²) in [6.45, 7) is 1.93. The lowest BCUT2D eigenvalue weighted by Gasteiger charge is -1.91. The van der Waals surface area contributed by atoms with E-state index in [1.165, 1.54) is 0 Å². The summed E-state index contributed by atoms with van der Waals surface area (Å²) in [7, 11) is 0. The first-order valence-corrected chi connectivity index (χ1v) is 3.52. The molecular formula is C4H10N2O3S2. The van der Waals surface area contributed by atoms with Crippen molar-refractivity contribution in [1.29, 1.82) is 0 Å². The Morgan fingerprint density at radius 1 is 1.27 bits per heavy atom. The standard InChI is InChI=1S/C2H4N2O2S2.C2H6O/c5-1(3-7)2(6)4-8;1-2-3/h7-8H,(H,3,5)(H,4,6);3H,2H2,1H3. The molecule has 0 atom stereocenters. The summed E-state index contributed by atoms with van der Waals surface area (Å²) in [4.78, 5) is 20.2. The molecule has 0 aromatic rings. The second-order valence-electron chi connectivity index (χ2n) is 1.20. The van der Waals surface area contributed by atoms with Crippen LogP contribution in [-0.2, 0) is 9.59 Å². The maximum absolute atomic E-state index is 10.1. The third kappa shape index (κ3) is 9.60. The Kier molecular flexibility index (Phi) is 11.5. The minimum atomic E-state index is -0.830. The summed E-state index contributed by atoms with van der Waals surface area (Å²) in [6.07, 6.45) is 0. The molecule has 11 heavy (non-hydrogen) atoms. The van der Waals surface area contributed by atoms with Crippen molar-refractivity contribution in [2.75, 3.05) is 6.61 Å². The van der Waals surface area contributed by atoms with E-state index in [1.807, 2.05) is 9.44 Å². The van der Waals surface area contributed by atoms with Gasteiger partial charge in [-0.25, -0.2) is 0 Å². The number of rotatable bonds is 0. The minimum absolute atomic E-state index is 0.250. The second-order valence-corrected chi connectivity index (χ2v) is 1.65. The Balaban J connectivity index is 0. The predicted octanol–water partition coefficient (Wildman–Crippen LogP) is -1.09. The summed E-state index contributed by atoms with van der Waals surface area (Å²) in [5, 5.41) is 7.57. The van der Waals surface area contributed by atoms with Crippen LogP contribution in [0.25, 0.3) is 0 Å². The Morgan fingerprint density at radius 3 is 1.55 bits per heavy atom. The fraction of sp³-hybridized carbons (Fsp3) is 0.500. The molecule has 0 aliphatic heterocycles. The van der Waals surface area contributed by atoms with Gasteiger partial charge in [0.25, 0.3) is 0 Å². The zero-order valence-electron chi connectivity index (χ0n) is 5.87. The molecular weight excluding hydrogens is 188 g/mol. The number of hydrogen-bond donors (Lipinski definition) is 5. The van der Waals surface area contributed by atoms with Crippen LogP contribution >= 0.6 is 25.6 Å². The smallest absolute Gasteiger partial charge is 0.319 e. The van der Waals surface area contributed by atoms with E-state index >= 15 is 0 Å². The summed E-state index contributed by atoms with van der Waals surface area (Å²) in [5.74, 6) is -1.66. The van der Waals surface area contributed by atoms with Crippen molar-refractivity contribution in [2.45, 2.75) is 6.92 Å². The molecule has 0 spiro atoms. The first-order chi connectivity index (χ1) is 5.13. The second kappa shape index (κ2) is 9.60. The maximum atomic E-state index is 10.1. The molecule has 0 aliphatic carbocycles. The van der Waals surface area contributed by atoms with E-state index in [9.17, 15) is 9.59 Å². The van der Waals surface area contributed by atoms with Gasteiger partial charge >= 0.3 is 11.8 Å². The normalized spacial score (nSPS) is 7.27. The first kappa shape index (κ1) is 13.2. The van der Waals surface area contributed by atoms with Gasteiger partial charge in [0.2, 0.25) is 0 Å². The Bertz CT molecular complexity index is 117. The van der Waals surface area contributed by atoms with Gasteiger partial charge < -0.3 is 5.11 Å². The van der Waals surface area contributed by atoms with Crippen molar-refractivity contribution < 1.29 is 14.7 Å². The van der Waals surface area contributed by atoms with Crippen molar-refractivity contribution in [1.82, 2.24) is 9.44 Å². The van der Waals surface area contributed by atoms with Gasteiger partial charge in [0.1, 0.15) is 0 Å². The quantitative estimate of drug-likeness (QED) is 0.253. The Morgan fingerprint density at radius 2 is 1.45 bits per heavy atom. The SMILES string of the molecule is CCO.O=C(NS)C(=O)NS. The number of thiol groups is 2. The van der Waals surface area contributed by atoms with Gasteiger partial charge in [0, 0.05) is 6.61 Å². The van der Waals surface area contributed by atoms with Gasteiger partial charge in [0.05, 0.1) is 0 Å². The largest absolute Gasteiger partial charge is 0.397 e. The van der Waals surface area contributed by atoms with Crippen LogP contribution in [0.3, 0.4) is 0 Å². The molecule has 7 heteroatoms. The highest BCUT2D eigenvalue weighted by molar-refractivity contribution is 7.79. The molecule has 0 rings (SSSR count). The molecule has 0 aromatic carbocycles. The maximum Gasteiger partial charge on any atom is 0.319 e. The van der Waals surface area contributed by atoms with Gasteiger partial charge in [-0.2, -0.15) is 0 Å². The summed E-state index contributed by atoms with van der Waals surface area (Å²) in [5.41, 5.74) is 0. The molecule has 0 saturated carbocycles. The number of carbonyl (C=O) groups is 2. The molecule has 0 bridgehead atoms. The van der Waals surface area contributed by atoms with E-state index in [0.717, 1.165) is 0 Å². The molecule has 0 fully saturated rings. The van der Waals surface area contributed by atoms with Crippen LogP contribution in [0, 0.1) is 0 Å². The lowest BCUT2D eigenvalue weighted by molar-refractivity contribution is -0.136. The van der Waals surface area contributed by atoms with Crippen LogP contribution in [0.4, 0.5) is 0 Å². The highest BCUT2D eigenvalue weighted by Gasteiger charge is 2.07. The van der Waals surface area contributed by atoms with E-state index < -0.39 is 11.8 Å². The number of hydrogen-bond acceptors (Lipinski definition) is 5. The summed E-state index contributed by atoms with van der Waals surface area (Å²) < 4.78 is 3.62. The number of amides is 2. The molecule has 66 valence electrons. The Labute approximate surface area is 75.6 Å². The van der Waals surface area contributed by atoms with Crippen molar-refractivity contribution >= 4 is 37.4 Å². The lowest BCUT2D eigenvalue weighted by atomic mass is 10.6. The summed E-state index contributed by atoms with van der Waals surface area (Å²) in [6, 6.07) is 0. The predicted molar refractivity (Wildman–Crippen MR) is 47.0 cm³/mol. The average molecular weight is 198 g/mol. The number of aliphatic hydroxyl groups excluding tert-OH is 1. The van der Waals surface area contributed by atoms with Crippen LogP contribution in [-0.4, -0.2) is 23.5 Å². The van der Waals surface area contributed by atoms with E-state index in [1.54, 1.807) is 6.92 Å². The monoisotopic (exact) mass is 198 g/mol. The van der Waals surface area contributed by atoms with Crippen molar-refractivity contribution in [3.05, 3.63) is 0 Å². The average Bonchev–Trinajstić information content (AvgIpc) is 2.03. The van der Waals surface area contributed by atoms with Crippen LogP contribution < -0.4 is 9.44 Å². The van der Waals surface area contributed by atoms with Crippen molar-refractivity contribution in [3.8, 4) is 0 Å². The van der Waals surface area contributed by atoms with E-state index in [-0.39, 0.29) is 6.61 Å². The van der Waals surface area contributed by atoms with Gasteiger partial charge in [-0.1, -0.05) is 25.6 Å². The third-order valence-electron chi connectivity index (χ3n) is 0.409. The topological polar surface area (TPSA) is 78.4 Å². The zero-order valence-corrected chi connectivity index (χ0v) is 7.65. The highest BCUT2D eigenvalue weighted by atomic mass is 32.1. The minimum Gasteiger partial charge on any atom is -0.397 e. The van der Waals surface area contributed by atoms with Crippen LogP contribution in [0.5, 0.6) is 0 Å². The van der Waals surface area contributed by atoms with Gasteiger partial charge in [-0.15, -0.1) is 0 Å². The van der Waals surface area contributed by atoms with Gasteiger partial charge in [-0.3, -0.25) is 19.0 Å². The summed E-state index contributed by atoms with van der Waals surface area (Å²) >= 11 is 6.63.